The van der Waals surface area contributed by atoms with Gasteiger partial charge in [-0.3, -0.25) is 15.0 Å². The van der Waals surface area contributed by atoms with Gasteiger partial charge in [0.2, 0.25) is 12.1 Å². The highest BCUT2D eigenvalue weighted by Crippen LogP contribution is 2.48. The number of aromatic amines is 2. The summed E-state index contributed by atoms with van der Waals surface area (Å²) in [5.74, 6) is 1.76. The monoisotopic (exact) mass is 931 g/mol. The van der Waals surface area contributed by atoms with Crippen molar-refractivity contribution in [3.05, 3.63) is 96.1 Å². The smallest absolute Gasteiger partial charge is 0.407 e. The molecule has 16 nitrogen and oxygen atoms in total. The number of nitrogens with one attached hydrogen (secondary N) is 4. The fourth-order valence-corrected chi connectivity index (χ4v) is 10.3. The lowest BCUT2D eigenvalue weighted by Crippen LogP contribution is -2.53. The largest absolute Gasteiger partial charge is 0.497 e. The molecule has 0 saturated carbocycles. The lowest BCUT2D eigenvalue weighted by atomic mass is 9.96. The third kappa shape index (κ3) is 8.83. The van der Waals surface area contributed by atoms with E-state index in [2.05, 4.69) is 45.4 Å². The van der Waals surface area contributed by atoms with Crippen LogP contribution in [0.2, 0.25) is 0 Å². The number of hydrogen-bond donors (Lipinski definition) is 5. The minimum Gasteiger partial charge on any atom is -0.497 e. The molecule has 17 heteroatoms. The first-order valence-electron chi connectivity index (χ1n) is 23.6. The highest BCUT2D eigenvalue weighted by atomic mass is 19.1. The van der Waals surface area contributed by atoms with Crippen LogP contribution in [0.3, 0.4) is 0 Å². The molecule has 7 atom stereocenters. The number of aliphatic hydroxyl groups is 1. The normalized spacial score (nSPS) is 19.9. The highest BCUT2D eigenvalue weighted by Gasteiger charge is 2.40. The third-order valence-electron chi connectivity index (χ3n) is 14.0. The van der Waals surface area contributed by atoms with Crippen LogP contribution < -0.4 is 20.1 Å². The molecule has 0 bridgehead atoms. The Hall–Kier alpha value is -6.27. The van der Waals surface area contributed by atoms with Crippen LogP contribution in [-0.2, 0) is 14.3 Å². The molecule has 3 aliphatic heterocycles. The van der Waals surface area contributed by atoms with Gasteiger partial charge in [0.1, 0.15) is 41.2 Å². The number of H-pyrrole nitrogens is 2. The van der Waals surface area contributed by atoms with Crippen LogP contribution in [0, 0.1) is 17.7 Å². The summed E-state index contributed by atoms with van der Waals surface area (Å²) >= 11 is 0. The summed E-state index contributed by atoms with van der Waals surface area (Å²) in [6.45, 7) is 9.63. The predicted molar refractivity (Wildman–Crippen MR) is 255 cm³/mol. The number of aliphatic hydroxyl groups excluding tert-OH is 1. The Morgan fingerprint density at radius 3 is 2.38 bits per heavy atom. The first-order valence-corrected chi connectivity index (χ1v) is 23.6. The number of imidazole rings is 2. The summed E-state index contributed by atoms with van der Waals surface area (Å²) in [4.78, 5) is 46.4. The number of carbonyl (C=O) groups excluding carboxylic acids is 2. The molecule has 6 aromatic rings. The van der Waals surface area contributed by atoms with Gasteiger partial charge in [-0.05, 0) is 80.0 Å². The molecule has 9 rings (SSSR count). The van der Waals surface area contributed by atoms with E-state index < -0.39 is 30.4 Å². The minimum absolute atomic E-state index is 0.0837. The van der Waals surface area contributed by atoms with E-state index >= 15 is 4.39 Å². The van der Waals surface area contributed by atoms with Crippen LogP contribution in [-0.4, -0.2) is 111 Å². The van der Waals surface area contributed by atoms with Gasteiger partial charge in [-0.1, -0.05) is 52.3 Å². The summed E-state index contributed by atoms with van der Waals surface area (Å²) in [6, 6.07) is 17.8. The standard InChI is InChI=1S/C51H62FN9O7/c1-8-29(4)45(55-27-65-5)49(63)60-19-11-15-40(60)46-53-25-36(56-46)30-16-17-38-33(20-30)23-41-43-35(52)22-32(24-42(43)68-50(61(38)41)31-12-9-13-34(21-31)66-6)37-26-54-47(57-37)39-14-10-18-59(39)48(62)44(28(2)3)58-51(64)67-7/h9,12-13,16-17,20-26,28-29,39-40,44-45,49-50,55,63H,8,10-11,14-15,18-19,27H2,1-7H3,(H,53,56)(H,54,57)(H,58,64). The Balaban J connectivity index is 1.04. The molecule has 0 aliphatic carbocycles. The molecule has 68 heavy (non-hydrogen) atoms. The molecule has 0 spiro atoms. The molecule has 360 valence electrons. The van der Waals surface area contributed by atoms with E-state index in [0.717, 1.165) is 65.8 Å². The second kappa shape index (κ2) is 19.8. The fourth-order valence-electron chi connectivity index (χ4n) is 10.3. The average Bonchev–Trinajstić information content (AvgIpc) is 4.21. The molecule has 0 radical (unpaired) electrons. The molecular weight excluding hydrogens is 870 g/mol. The highest BCUT2D eigenvalue weighted by molar-refractivity contribution is 5.93. The van der Waals surface area contributed by atoms with Gasteiger partial charge in [0.05, 0.1) is 79.6 Å². The summed E-state index contributed by atoms with van der Waals surface area (Å²) in [5.41, 5.74) is 5.50. The lowest BCUT2D eigenvalue weighted by Gasteiger charge is -2.37. The molecule has 6 heterocycles. The number of aromatic nitrogens is 5. The fraction of sp³-hybridized carbons (Fsp3) is 0.451. The zero-order chi connectivity index (χ0) is 47.8. The van der Waals surface area contributed by atoms with E-state index in [-0.39, 0.29) is 35.9 Å². The zero-order valence-corrected chi connectivity index (χ0v) is 39.7. The SMILES string of the molecule is CCC(C)C(NCOC)C(O)N1CCCC1c1ncc(-c2ccc3c(c2)cc2n3C(c3cccc(OC)c3)Oc3cc(-c4cnc(C5CCCN5C(=O)C(NC(=O)OC)C(C)C)[nH]4)cc(F)c3-2)[nH]1. The molecule has 3 aliphatic rings. The van der Waals surface area contributed by atoms with E-state index in [1.54, 1.807) is 25.3 Å². The third-order valence-corrected chi connectivity index (χ3v) is 14.0. The number of fused-ring (bicyclic) bond motifs is 5. The first-order chi connectivity index (χ1) is 32.9. The van der Waals surface area contributed by atoms with Crippen molar-refractivity contribution >= 4 is 22.9 Å². The van der Waals surface area contributed by atoms with Gasteiger partial charge in [-0.25, -0.2) is 19.2 Å². The molecule has 2 saturated heterocycles. The van der Waals surface area contributed by atoms with Crippen LogP contribution in [0.25, 0.3) is 44.7 Å². The Labute approximate surface area is 395 Å². The van der Waals surface area contributed by atoms with Gasteiger partial charge in [-0.2, -0.15) is 0 Å². The van der Waals surface area contributed by atoms with E-state index in [1.807, 2.05) is 73.1 Å². The van der Waals surface area contributed by atoms with E-state index in [9.17, 15) is 14.7 Å². The van der Waals surface area contributed by atoms with Crippen LogP contribution in [0.15, 0.2) is 73.1 Å². The second-order valence-electron chi connectivity index (χ2n) is 18.5. The van der Waals surface area contributed by atoms with Gasteiger partial charge in [0.25, 0.3) is 0 Å². The number of likely N-dealkylation sites (tertiary alicyclic amines) is 2. The Bertz CT molecular complexity index is 2770. The summed E-state index contributed by atoms with van der Waals surface area (Å²) in [6.07, 6.45) is 5.59. The maximum absolute atomic E-state index is 16.9. The number of halogens is 1. The van der Waals surface area contributed by atoms with Crippen molar-refractivity contribution in [2.75, 3.05) is 41.1 Å². The van der Waals surface area contributed by atoms with Crippen LogP contribution in [0.1, 0.15) is 95.3 Å². The maximum atomic E-state index is 16.9. The minimum atomic E-state index is -0.770. The van der Waals surface area contributed by atoms with Crippen molar-refractivity contribution in [3.63, 3.8) is 0 Å². The van der Waals surface area contributed by atoms with Gasteiger partial charge >= 0.3 is 6.09 Å². The Morgan fingerprint density at radius 1 is 0.926 bits per heavy atom. The quantitative estimate of drug-likeness (QED) is 0.0589. The number of benzene rings is 3. The Kier molecular flexibility index (Phi) is 13.6. The summed E-state index contributed by atoms with van der Waals surface area (Å²) in [7, 11) is 4.53. The number of amides is 2. The molecule has 2 amide bonds. The summed E-state index contributed by atoms with van der Waals surface area (Å²) < 4.78 is 41.5. The van der Waals surface area contributed by atoms with Crippen molar-refractivity contribution in [2.45, 2.75) is 96.4 Å². The van der Waals surface area contributed by atoms with Crippen molar-refractivity contribution in [3.8, 4) is 45.3 Å². The van der Waals surface area contributed by atoms with Crippen molar-refractivity contribution in [1.82, 2.24) is 44.9 Å². The Morgan fingerprint density at radius 2 is 1.66 bits per heavy atom. The summed E-state index contributed by atoms with van der Waals surface area (Å²) in [5, 5.41) is 18.7. The van der Waals surface area contributed by atoms with E-state index in [1.165, 1.54) is 13.2 Å². The number of alkyl carbamates (subject to hydrolysis) is 1. The molecule has 7 unspecified atom stereocenters. The molecular formula is C51H62FN9O7. The predicted octanol–water partition coefficient (Wildman–Crippen LogP) is 8.28. The topological polar surface area (TPSA) is 184 Å². The van der Waals surface area contributed by atoms with E-state index in [0.29, 0.717) is 59.5 Å². The van der Waals surface area contributed by atoms with Crippen LogP contribution in [0.4, 0.5) is 9.18 Å². The van der Waals surface area contributed by atoms with Gasteiger partial charge in [0, 0.05) is 42.3 Å². The van der Waals surface area contributed by atoms with Gasteiger partial charge < -0.3 is 48.8 Å². The molecule has 2 fully saturated rings. The van der Waals surface area contributed by atoms with Gasteiger partial charge in [0.15, 0.2) is 0 Å². The van der Waals surface area contributed by atoms with Crippen molar-refractivity contribution < 1.29 is 38.0 Å². The van der Waals surface area contributed by atoms with Crippen LogP contribution in [0.5, 0.6) is 11.5 Å². The number of nitrogens with zero attached hydrogens (tertiary/aromatic N) is 5. The lowest BCUT2D eigenvalue weighted by molar-refractivity contribution is -0.135. The molecule has 5 N–H and O–H groups in total. The van der Waals surface area contributed by atoms with Crippen molar-refractivity contribution in [1.29, 1.82) is 0 Å². The average molecular weight is 932 g/mol. The zero-order valence-electron chi connectivity index (χ0n) is 39.7. The van der Waals surface area contributed by atoms with Gasteiger partial charge in [-0.15, -0.1) is 0 Å². The first kappa shape index (κ1) is 46.8. The van der Waals surface area contributed by atoms with Crippen molar-refractivity contribution in [2.24, 2.45) is 11.8 Å². The number of carbonyl (C=O) groups is 2. The number of rotatable bonds is 16. The maximum Gasteiger partial charge on any atom is 0.407 e. The van der Waals surface area contributed by atoms with Crippen LogP contribution >= 0.6 is 0 Å². The number of methoxy groups -OCH3 is 3. The number of hydrogen-bond acceptors (Lipinski definition) is 11. The molecule has 3 aromatic heterocycles. The molecule has 3 aromatic carbocycles. The number of ether oxygens (including phenoxy) is 4. The second-order valence-corrected chi connectivity index (χ2v) is 18.5. The van der Waals surface area contributed by atoms with E-state index in [4.69, 9.17) is 28.9 Å².